The van der Waals surface area contributed by atoms with Gasteiger partial charge in [-0.15, -0.1) is 11.8 Å². The summed E-state index contributed by atoms with van der Waals surface area (Å²) in [4.78, 5) is 25.2. The van der Waals surface area contributed by atoms with Crippen molar-refractivity contribution < 1.29 is 14.3 Å². The Labute approximate surface area is 174 Å². The van der Waals surface area contributed by atoms with Crippen LogP contribution in [0.3, 0.4) is 0 Å². The zero-order chi connectivity index (χ0) is 19.6. The first kappa shape index (κ1) is 20.7. The maximum atomic E-state index is 12.1. The SMILES string of the molecule is Cc1cc(SCC(=O)OCC(=O)N[C@@H](C)[C@H]2C[C@H]3CC[C@H]2C3)c(C)cc1Br. The van der Waals surface area contributed by atoms with Crippen molar-refractivity contribution >= 4 is 39.6 Å². The highest BCUT2D eigenvalue weighted by Crippen LogP contribution is 2.49. The van der Waals surface area contributed by atoms with Crippen molar-refractivity contribution in [1.29, 1.82) is 0 Å². The average Bonchev–Trinajstić information content (AvgIpc) is 3.25. The maximum absolute atomic E-state index is 12.1. The minimum absolute atomic E-state index is 0.161. The largest absolute Gasteiger partial charge is 0.455 e. The highest BCUT2D eigenvalue weighted by atomic mass is 79.9. The smallest absolute Gasteiger partial charge is 0.316 e. The number of hydrogen-bond acceptors (Lipinski definition) is 4. The van der Waals surface area contributed by atoms with Gasteiger partial charge in [-0.05, 0) is 81.0 Å². The zero-order valence-corrected chi connectivity index (χ0v) is 18.6. The molecule has 0 radical (unpaired) electrons. The molecule has 27 heavy (non-hydrogen) atoms. The summed E-state index contributed by atoms with van der Waals surface area (Å²) in [5.74, 6) is 1.86. The summed E-state index contributed by atoms with van der Waals surface area (Å²) in [7, 11) is 0. The molecule has 3 rings (SSSR count). The van der Waals surface area contributed by atoms with Crippen LogP contribution in [0.15, 0.2) is 21.5 Å². The molecule has 2 aliphatic carbocycles. The van der Waals surface area contributed by atoms with Crippen molar-refractivity contribution in [2.24, 2.45) is 17.8 Å². The number of amides is 1. The fourth-order valence-corrected chi connectivity index (χ4v) is 5.90. The van der Waals surface area contributed by atoms with Crippen molar-refractivity contribution in [3.05, 3.63) is 27.7 Å². The lowest BCUT2D eigenvalue weighted by molar-refractivity contribution is -0.146. The van der Waals surface area contributed by atoms with Gasteiger partial charge >= 0.3 is 5.97 Å². The molecule has 1 amide bonds. The van der Waals surface area contributed by atoms with E-state index in [1.807, 2.05) is 19.9 Å². The molecule has 1 aromatic carbocycles. The Kier molecular flexibility index (Phi) is 6.90. The first-order valence-electron chi connectivity index (χ1n) is 9.68. The molecule has 0 saturated heterocycles. The first-order chi connectivity index (χ1) is 12.8. The van der Waals surface area contributed by atoms with Gasteiger partial charge < -0.3 is 10.1 Å². The summed E-state index contributed by atoms with van der Waals surface area (Å²) in [6.07, 6.45) is 5.21. The molecule has 2 aliphatic rings. The molecule has 2 fully saturated rings. The molecule has 1 N–H and O–H groups in total. The van der Waals surface area contributed by atoms with Gasteiger partial charge in [0.2, 0.25) is 0 Å². The summed E-state index contributed by atoms with van der Waals surface area (Å²) in [5, 5.41) is 3.03. The van der Waals surface area contributed by atoms with Gasteiger partial charge in [0.1, 0.15) is 0 Å². The number of nitrogens with one attached hydrogen (secondary N) is 1. The van der Waals surface area contributed by atoms with Gasteiger partial charge in [0.15, 0.2) is 6.61 Å². The number of fused-ring (bicyclic) bond motifs is 2. The van der Waals surface area contributed by atoms with E-state index in [1.165, 1.54) is 37.4 Å². The molecule has 2 bridgehead atoms. The van der Waals surface area contributed by atoms with E-state index in [4.69, 9.17) is 4.74 Å². The number of carbonyl (C=O) groups is 2. The summed E-state index contributed by atoms with van der Waals surface area (Å²) in [5.41, 5.74) is 2.24. The van der Waals surface area contributed by atoms with Crippen LogP contribution in [0.5, 0.6) is 0 Å². The first-order valence-corrected chi connectivity index (χ1v) is 11.5. The molecule has 0 heterocycles. The third-order valence-corrected chi connectivity index (χ3v) is 7.97. The molecule has 1 aromatic rings. The second-order valence-electron chi connectivity index (χ2n) is 8.01. The van der Waals surface area contributed by atoms with Crippen LogP contribution in [0.25, 0.3) is 0 Å². The van der Waals surface area contributed by atoms with Crippen molar-refractivity contribution in [3.63, 3.8) is 0 Å². The van der Waals surface area contributed by atoms with Gasteiger partial charge in [-0.1, -0.05) is 22.4 Å². The van der Waals surface area contributed by atoms with Gasteiger partial charge in [0.05, 0.1) is 5.75 Å². The number of benzene rings is 1. The van der Waals surface area contributed by atoms with E-state index in [0.717, 1.165) is 32.3 Å². The molecule has 6 heteroatoms. The van der Waals surface area contributed by atoms with E-state index < -0.39 is 0 Å². The lowest BCUT2D eigenvalue weighted by Gasteiger charge is -2.28. The van der Waals surface area contributed by atoms with Gasteiger partial charge in [-0.3, -0.25) is 9.59 Å². The van der Waals surface area contributed by atoms with Crippen LogP contribution in [0.1, 0.15) is 43.7 Å². The van der Waals surface area contributed by atoms with Crippen LogP contribution in [0, 0.1) is 31.6 Å². The number of esters is 1. The molecule has 0 aromatic heterocycles. The average molecular weight is 454 g/mol. The predicted octanol–water partition coefficient (Wildman–Crippen LogP) is 4.64. The number of thioether (sulfide) groups is 1. The quantitative estimate of drug-likeness (QED) is 0.482. The number of hydrogen-bond donors (Lipinski definition) is 1. The maximum Gasteiger partial charge on any atom is 0.316 e. The molecule has 4 nitrogen and oxygen atoms in total. The number of aryl methyl sites for hydroxylation is 2. The molecule has 0 unspecified atom stereocenters. The highest BCUT2D eigenvalue weighted by molar-refractivity contribution is 9.10. The Bertz CT molecular complexity index is 724. The van der Waals surface area contributed by atoms with Crippen LogP contribution >= 0.6 is 27.7 Å². The molecule has 0 aliphatic heterocycles. The molecule has 2 saturated carbocycles. The number of halogens is 1. The van der Waals surface area contributed by atoms with Crippen LogP contribution < -0.4 is 5.32 Å². The normalized spacial score (nSPS) is 24.7. The molecule has 4 atom stereocenters. The molecule has 0 spiro atoms. The topological polar surface area (TPSA) is 55.4 Å². The number of rotatable bonds is 7. The third-order valence-electron chi connectivity index (χ3n) is 5.99. The Morgan fingerprint density at radius 3 is 2.70 bits per heavy atom. The zero-order valence-electron chi connectivity index (χ0n) is 16.2. The van der Waals surface area contributed by atoms with Gasteiger partial charge in [-0.2, -0.15) is 0 Å². The van der Waals surface area contributed by atoms with Crippen molar-refractivity contribution in [3.8, 4) is 0 Å². The monoisotopic (exact) mass is 453 g/mol. The van der Waals surface area contributed by atoms with Gasteiger partial charge in [0.25, 0.3) is 5.91 Å². The van der Waals surface area contributed by atoms with E-state index in [1.54, 1.807) is 0 Å². The number of ether oxygens (including phenoxy) is 1. The van der Waals surface area contributed by atoms with E-state index >= 15 is 0 Å². The van der Waals surface area contributed by atoms with Crippen molar-refractivity contribution in [1.82, 2.24) is 5.32 Å². The fraction of sp³-hybridized carbons (Fsp3) is 0.619. The summed E-state index contributed by atoms with van der Waals surface area (Å²) in [6, 6.07) is 4.27. The Balaban J connectivity index is 1.38. The second kappa shape index (κ2) is 8.99. The summed E-state index contributed by atoms with van der Waals surface area (Å²) >= 11 is 4.96. The van der Waals surface area contributed by atoms with Crippen LogP contribution in [-0.4, -0.2) is 30.3 Å². The lowest BCUT2D eigenvalue weighted by atomic mass is 9.84. The minimum atomic E-state index is -0.359. The van der Waals surface area contributed by atoms with Crippen LogP contribution in [0.2, 0.25) is 0 Å². The van der Waals surface area contributed by atoms with E-state index in [0.29, 0.717) is 5.92 Å². The summed E-state index contributed by atoms with van der Waals surface area (Å²) < 4.78 is 6.23. The van der Waals surface area contributed by atoms with Crippen molar-refractivity contribution in [2.75, 3.05) is 12.4 Å². The predicted molar refractivity (Wildman–Crippen MR) is 112 cm³/mol. The second-order valence-corrected chi connectivity index (χ2v) is 9.88. The molecular formula is C21H28BrNO3S. The lowest BCUT2D eigenvalue weighted by Crippen LogP contribution is -2.42. The Hall–Kier alpha value is -1.01. The molecular weight excluding hydrogens is 426 g/mol. The van der Waals surface area contributed by atoms with Crippen LogP contribution in [0.4, 0.5) is 0 Å². The minimum Gasteiger partial charge on any atom is -0.455 e. The van der Waals surface area contributed by atoms with E-state index in [2.05, 4.69) is 34.2 Å². The molecule has 148 valence electrons. The summed E-state index contributed by atoms with van der Waals surface area (Å²) in [6.45, 7) is 5.93. The standard InChI is InChI=1S/C21H28BrNO3S/c1-12-7-19(13(2)6-18(12)22)27-11-21(25)26-10-20(24)23-14(3)17-9-15-4-5-16(17)8-15/h6-7,14-17H,4-5,8-11H2,1-3H3,(H,23,24)/t14-,15-,16-,17+/m0/s1. The fourth-order valence-electron chi connectivity index (χ4n) is 4.54. The van der Waals surface area contributed by atoms with Gasteiger partial charge in [-0.25, -0.2) is 0 Å². The van der Waals surface area contributed by atoms with E-state index in [9.17, 15) is 9.59 Å². The van der Waals surface area contributed by atoms with E-state index in [-0.39, 0.29) is 30.3 Å². The third kappa shape index (κ3) is 5.29. The highest BCUT2D eigenvalue weighted by Gasteiger charge is 2.42. The van der Waals surface area contributed by atoms with Gasteiger partial charge in [0, 0.05) is 15.4 Å². The Morgan fingerprint density at radius 2 is 2.04 bits per heavy atom. The van der Waals surface area contributed by atoms with Crippen molar-refractivity contribution in [2.45, 2.75) is 57.4 Å². The van der Waals surface area contributed by atoms with Crippen LogP contribution in [-0.2, 0) is 14.3 Å². The Morgan fingerprint density at radius 1 is 1.26 bits per heavy atom. The number of carbonyl (C=O) groups excluding carboxylic acids is 2.